The van der Waals surface area contributed by atoms with E-state index >= 15 is 0 Å². The first kappa shape index (κ1) is 18.7. The summed E-state index contributed by atoms with van der Waals surface area (Å²) >= 11 is 0. The van der Waals surface area contributed by atoms with Crippen LogP contribution in [0.5, 0.6) is 5.75 Å². The van der Waals surface area contributed by atoms with Crippen molar-refractivity contribution in [1.82, 2.24) is 9.97 Å². The van der Waals surface area contributed by atoms with E-state index < -0.39 is 0 Å². The van der Waals surface area contributed by atoms with Crippen molar-refractivity contribution in [3.8, 4) is 17.0 Å². The van der Waals surface area contributed by atoms with Crippen molar-refractivity contribution < 1.29 is 10.2 Å². The monoisotopic (exact) mass is 364 g/mol. The van der Waals surface area contributed by atoms with E-state index in [2.05, 4.69) is 20.6 Å². The van der Waals surface area contributed by atoms with Gasteiger partial charge in [-0.15, -0.1) is 0 Å². The fourth-order valence-corrected chi connectivity index (χ4v) is 2.61. The number of nitrogens with zero attached hydrogens (tertiary/aromatic N) is 2. The van der Waals surface area contributed by atoms with Crippen molar-refractivity contribution in [3.05, 3.63) is 60.7 Å². The van der Waals surface area contributed by atoms with Gasteiger partial charge in [0.25, 0.3) is 0 Å². The number of anilines is 3. The van der Waals surface area contributed by atoms with Crippen molar-refractivity contribution in [2.45, 2.75) is 19.9 Å². The Labute approximate surface area is 158 Å². The lowest BCUT2D eigenvalue weighted by molar-refractivity contribution is 0.248. The first-order valence-electron chi connectivity index (χ1n) is 8.93. The van der Waals surface area contributed by atoms with E-state index in [1.807, 2.05) is 50.2 Å². The van der Waals surface area contributed by atoms with Gasteiger partial charge in [0.1, 0.15) is 11.6 Å². The molecule has 1 atom stereocenters. The lowest BCUT2D eigenvalue weighted by Crippen LogP contribution is -2.30. The molecule has 0 aliphatic rings. The molecule has 2 aromatic carbocycles. The van der Waals surface area contributed by atoms with Crippen LogP contribution in [0.25, 0.3) is 11.3 Å². The quantitative estimate of drug-likeness (QED) is 0.474. The van der Waals surface area contributed by atoms with E-state index in [-0.39, 0.29) is 24.3 Å². The molecular formula is C21H24N4O2. The number of aliphatic hydroxyl groups excluding tert-OH is 1. The zero-order chi connectivity index (χ0) is 19.2. The van der Waals surface area contributed by atoms with E-state index in [0.717, 1.165) is 16.9 Å². The molecule has 0 amide bonds. The van der Waals surface area contributed by atoms with Crippen molar-refractivity contribution in [2.75, 3.05) is 17.2 Å². The highest BCUT2D eigenvalue weighted by atomic mass is 16.3. The molecule has 3 aromatic rings. The Morgan fingerprint density at radius 1 is 0.963 bits per heavy atom. The SMILES string of the molecule is CC(C)[C@H](CO)Nc1nc(Nc2ccc(O)cc2)cc(-c2ccccc2)n1. The van der Waals surface area contributed by atoms with Gasteiger partial charge in [-0.2, -0.15) is 4.98 Å². The highest BCUT2D eigenvalue weighted by molar-refractivity contribution is 5.67. The smallest absolute Gasteiger partial charge is 0.225 e. The number of phenols is 1. The normalized spacial score (nSPS) is 12.0. The van der Waals surface area contributed by atoms with Crippen LogP contribution in [0.1, 0.15) is 13.8 Å². The minimum Gasteiger partial charge on any atom is -0.508 e. The van der Waals surface area contributed by atoms with Crippen LogP contribution >= 0.6 is 0 Å². The summed E-state index contributed by atoms with van der Waals surface area (Å²) in [5, 5.41) is 25.5. The third kappa shape index (κ3) is 4.95. The summed E-state index contributed by atoms with van der Waals surface area (Å²) in [7, 11) is 0. The molecule has 0 bridgehead atoms. The molecule has 0 aliphatic heterocycles. The van der Waals surface area contributed by atoms with Gasteiger partial charge in [-0.05, 0) is 30.2 Å². The molecule has 140 valence electrons. The Hall–Kier alpha value is -3.12. The standard InChI is InChI=1S/C21H24N4O2/c1-14(2)19(13-26)24-21-23-18(15-6-4-3-5-7-15)12-20(25-21)22-16-8-10-17(27)11-9-16/h3-12,14,19,26-27H,13H2,1-2H3,(H2,22,23,24,25)/t19-/m0/s1. The number of aliphatic hydroxyl groups is 1. The Balaban J connectivity index is 1.96. The molecule has 0 radical (unpaired) electrons. The largest absolute Gasteiger partial charge is 0.508 e. The molecule has 0 saturated heterocycles. The van der Waals surface area contributed by atoms with Crippen molar-refractivity contribution in [2.24, 2.45) is 5.92 Å². The van der Waals surface area contributed by atoms with E-state index in [4.69, 9.17) is 0 Å². The summed E-state index contributed by atoms with van der Waals surface area (Å²) in [6.45, 7) is 4.06. The lowest BCUT2D eigenvalue weighted by atomic mass is 10.1. The van der Waals surface area contributed by atoms with Gasteiger partial charge in [-0.3, -0.25) is 0 Å². The molecule has 0 fully saturated rings. The summed E-state index contributed by atoms with van der Waals surface area (Å²) in [6.07, 6.45) is 0. The summed E-state index contributed by atoms with van der Waals surface area (Å²) < 4.78 is 0. The van der Waals surface area contributed by atoms with Crippen molar-refractivity contribution in [3.63, 3.8) is 0 Å². The van der Waals surface area contributed by atoms with Crippen molar-refractivity contribution in [1.29, 1.82) is 0 Å². The van der Waals surface area contributed by atoms with Gasteiger partial charge in [0.15, 0.2) is 0 Å². The van der Waals surface area contributed by atoms with Gasteiger partial charge in [0.2, 0.25) is 5.95 Å². The Morgan fingerprint density at radius 2 is 1.67 bits per heavy atom. The minimum absolute atomic E-state index is 0.00266. The van der Waals surface area contributed by atoms with Gasteiger partial charge in [-0.25, -0.2) is 4.98 Å². The maximum atomic E-state index is 9.62. The van der Waals surface area contributed by atoms with E-state index in [0.29, 0.717) is 11.8 Å². The molecule has 4 N–H and O–H groups in total. The number of hydrogen-bond donors (Lipinski definition) is 4. The topological polar surface area (TPSA) is 90.3 Å². The highest BCUT2D eigenvalue weighted by Gasteiger charge is 2.15. The number of nitrogens with one attached hydrogen (secondary N) is 2. The molecule has 0 spiro atoms. The summed E-state index contributed by atoms with van der Waals surface area (Å²) in [5.74, 6) is 1.51. The second-order valence-electron chi connectivity index (χ2n) is 6.68. The molecule has 1 aromatic heterocycles. The maximum Gasteiger partial charge on any atom is 0.225 e. The number of benzene rings is 2. The number of aromatic nitrogens is 2. The average Bonchev–Trinajstić information content (AvgIpc) is 2.68. The predicted octanol–water partition coefficient (Wildman–Crippen LogP) is 4.02. The number of aromatic hydroxyl groups is 1. The molecule has 0 saturated carbocycles. The van der Waals surface area contributed by atoms with E-state index in [9.17, 15) is 10.2 Å². The molecule has 0 aliphatic carbocycles. The van der Waals surface area contributed by atoms with Crippen molar-refractivity contribution >= 4 is 17.5 Å². The molecular weight excluding hydrogens is 340 g/mol. The van der Waals surface area contributed by atoms with Gasteiger partial charge in [0, 0.05) is 17.3 Å². The number of hydrogen-bond acceptors (Lipinski definition) is 6. The Morgan fingerprint density at radius 3 is 2.30 bits per heavy atom. The average molecular weight is 364 g/mol. The number of phenolic OH excluding ortho intramolecular Hbond substituents is 1. The number of rotatable bonds is 7. The van der Waals surface area contributed by atoms with Gasteiger partial charge < -0.3 is 20.8 Å². The van der Waals surface area contributed by atoms with Crippen LogP contribution in [0.2, 0.25) is 0 Å². The van der Waals surface area contributed by atoms with Gasteiger partial charge in [0.05, 0.1) is 18.3 Å². The molecule has 6 nitrogen and oxygen atoms in total. The van der Waals surface area contributed by atoms with Crippen LogP contribution in [0.3, 0.4) is 0 Å². The van der Waals surface area contributed by atoms with Crippen LogP contribution in [-0.2, 0) is 0 Å². The van der Waals surface area contributed by atoms with Crippen LogP contribution < -0.4 is 10.6 Å². The fraction of sp³-hybridized carbons (Fsp3) is 0.238. The van der Waals surface area contributed by atoms with Crippen LogP contribution in [0.15, 0.2) is 60.7 Å². The molecule has 0 unspecified atom stereocenters. The first-order chi connectivity index (χ1) is 13.0. The predicted molar refractivity (Wildman–Crippen MR) is 108 cm³/mol. The highest BCUT2D eigenvalue weighted by Crippen LogP contribution is 2.25. The molecule has 6 heteroatoms. The summed E-state index contributed by atoms with van der Waals surface area (Å²) in [6, 6.07) is 18.4. The first-order valence-corrected chi connectivity index (χ1v) is 8.93. The van der Waals surface area contributed by atoms with Crippen LogP contribution in [0, 0.1) is 5.92 Å². The molecule has 3 rings (SSSR count). The summed E-state index contributed by atoms with van der Waals surface area (Å²) in [4.78, 5) is 9.16. The van der Waals surface area contributed by atoms with Crippen LogP contribution in [-0.4, -0.2) is 32.8 Å². The maximum absolute atomic E-state index is 9.62. The van der Waals surface area contributed by atoms with Gasteiger partial charge >= 0.3 is 0 Å². The lowest BCUT2D eigenvalue weighted by Gasteiger charge is -2.20. The second-order valence-corrected chi connectivity index (χ2v) is 6.68. The fourth-order valence-electron chi connectivity index (χ4n) is 2.61. The van der Waals surface area contributed by atoms with E-state index in [1.54, 1.807) is 24.3 Å². The Kier molecular flexibility index (Phi) is 5.88. The molecule has 1 heterocycles. The minimum atomic E-state index is -0.141. The van der Waals surface area contributed by atoms with E-state index in [1.165, 1.54) is 0 Å². The zero-order valence-electron chi connectivity index (χ0n) is 15.4. The second kappa shape index (κ2) is 8.51. The third-order valence-corrected chi connectivity index (χ3v) is 4.25. The zero-order valence-corrected chi connectivity index (χ0v) is 15.4. The third-order valence-electron chi connectivity index (χ3n) is 4.25. The molecule has 27 heavy (non-hydrogen) atoms. The summed E-state index contributed by atoms with van der Waals surface area (Å²) in [5.41, 5.74) is 2.55. The Bertz CT molecular complexity index is 867. The van der Waals surface area contributed by atoms with Crippen LogP contribution in [0.4, 0.5) is 17.5 Å². The van der Waals surface area contributed by atoms with Gasteiger partial charge in [-0.1, -0.05) is 44.2 Å².